The average Bonchev–Trinajstić information content (AvgIpc) is 3.18. The van der Waals surface area contributed by atoms with Crippen LogP contribution < -0.4 is 21.5 Å². The predicted molar refractivity (Wildman–Crippen MR) is 134 cm³/mol. The molecular formula is C27H33N3O3. The number of hydrogen-bond donors (Lipinski definition) is 2. The third-order valence-corrected chi connectivity index (χ3v) is 7.36. The summed E-state index contributed by atoms with van der Waals surface area (Å²) in [6, 6.07) is 3.59. The van der Waals surface area contributed by atoms with Crippen LogP contribution in [-0.2, 0) is 6.54 Å². The molecule has 0 bridgehead atoms. The van der Waals surface area contributed by atoms with Crippen molar-refractivity contribution in [2.75, 3.05) is 17.7 Å². The Morgan fingerprint density at radius 2 is 1.64 bits per heavy atom. The second kappa shape index (κ2) is 7.44. The summed E-state index contributed by atoms with van der Waals surface area (Å²) in [5.74, 6) is -0.0867. The maximum atomic E-state index is 12.8. The zero-order valence-corrected chi connectivity index (χ0v) is 20.8. The van der Waals surface area contributed by atoms with Gasteiger partial charge >= 0.3 is 0 Å². The molecule has 2 aliphatic rings. The third kappa shape index (κ3) is 3.52. The molecule has 4 rings (SSSR count). The van der Waals surface area contributed by atoms with E-state index in [1.165, 1.54) is 11.1 Å². The minimum atomic E-state index is -0.563. The largest absolute Gasteiger partial charge is 0.373 e. The van der Waals surface area contributed by atoms with E-state index < -0.39 is 10.9 Å². The molecule has 2 N–H and O–H groups in total. The van der Waals surface area contributed by atoms with Crippen molar-refractivity contribution in [1.82, 2.24) is 4.90 Å². The van der Waals surface area contributed by atoms with Crippen molar-refractivity contribution in [1.29, 1.82) is 0 Å². The van der Waals surface area contributed by atoms with E-state index >= 15 is 0 Å². The van der Waals surface area contributed by atoms with Gasteiger partial charge in [0.15, 0.2) is 0 Å². The quantitative estimate of drug-likeness (QED) is 0.652. The van der Waals surface area contributed by atoms with Crippen molar-refractivity contribution in [2.24, 2.45) is 10.8 Å². The van der Waals surface area contributed by atoms with Crippen LogP contribution in [0, 0.1) is 17.8 Å². The predicted octanol–water partition coefficient (Wildman–Crippen LogP) is 4.66. The van der Waals surface area contributed by atoms with Crippen LogP contribution in [0.2, 0.25) is 0 Å². The Morgan fingerprint density at radius 3 is 2.21 bits per heavy atom. The Kier molecular flexibility index (Phi) is 5.19. The van der Waals surface area contributed by atoms with Gasteiger partial charge in [-0.15, -0.1) is 0 Å². The van der Waals surface area contributed by atoms with E-state index in [2.05, 4.69) is 64.3 Å². The molecule has 0 unspecified atom stereocenters. The van der Waals surface area contributed by atoms with E-state index in [9.17, 15) is 14.4 Å². The number of hydrogen-bond acceptors (Lipinski definition) is 5. The first-order valence-electron chi connectivity index (χ1n) is 11.4. The molecule has 2 aromatic carbocycles. The lowest BCUT2D eigenvalue weighted by atomic mass is 9.71. The van der Waals surface area contributed by atoms with Crippen LogP contribution in [-0.4, -0.2) is 23.9 Å². The molecule has 0 saturated heterocycles. The van der Waals surface area contributed by atoms with Crippen LogP contribution in [0.5, 0.6) is 0 Å². The summed E-state index contributed by atoms with van der Waals surface area (Å²) in [6.07, 6.45) is 4.24. The lowest BCUT2D eigenvalue weighted by molar-refractivity contribution is 0.0817. The number of allylic oxidation sites excluding steroid dienone is 3. The minimum Gasteiger partial charge on any atom is -0.373 e. The number of nitrogens with zero attached hydrogens (tertiary/aromatic N) is 1. The highest BCUT2D eigenvalue weighted by molar-refractivity contribution is 6.04. The summed E-state index contributed by atoms with van der Waals surface area (Å²) in [4.78, 5) is 39.7. The Balaban J connectivity index is 1.71. The van der Waals surface area contributed by atoms with Gasteiger partial charge < -0.3 is 15.5 Å². The third-order valence-electron chi connectivity index (χ3n) is 7.36. The Morgan fingerprint density at radius 1 is 1.00 bits per heavy atom. The molecule has 2 aromatic rings. The molecule has 174 valence electrons. The maximum Gasteiger partial charge on any atom is 0.256 e. The maximum absolute atomic E-state index is 12.8. The van der Waals surface area contributed by atoms with E-state index in [1.807, 2.05) is 19.1 Å². The number of aryl methyl sites for hydroxylation is 1. The fourth-order valence-electron chi connectivity index (χ4n) is 4.81. The summed E-state index contributed by atoms with van der Waals surface area (Å²) in [5, 5.41) is 6.54. The first-order valence-corrected chi connectivity index (χ1v) is 11.4. The summed E-state index contributed by atoms with van der Waals surface area (Å²) in [5.41, 5.74) is 4.62. The van der Waals surface area contributed by atoms with Crippen molar-refractivity contribution in [3.05, 3.63) is 72.6 Å². The van der Waals surface area contributed by atoms with E-state index in [-0.39, 0.29) is 34.2 Å². The number of benzene rings is 1. The normalized spacial score (nSPS) is 18.3. The molecule has 0 aromatic heterocycles. The van der Waals surface area contributed by atoms with Gasteiger partial charge in [-0.1, -0.05) is 58.4 Å². The first-order chi connectivity index (χ1) is 15.2. The van der Waals surface area contributed by atoms with Gasteiger partial charge in [0.25, 0.3) is 16.8 Å². The average molecular weight is 448 g/mol. The first kappa shape index (κ1) is 23.0. The molecule has 0 spiro atoms. The highest BCUT2D eigenvalue weighted by Crippen LogP contribution is 2.46. The van der Waals surface area contributed by atoms with Crippen LogP contribution in [0.1, 0.15) is 63.0 Å². The number of carbonyl (C=O) groups excluding carboxylic acids is 1. The Bertz CT molecular complexity index is 1300. The number of carbonyl (C=O) groups is 1. The van der Waals surface area contributed by atoms with Gasteiger partial charge in [-0.05, 0) is 42.0 Å². The smallest absolute Gasteiger partial charge is 0.256 e. The van der Waals surface area contributed by atoms with Crippen molar-refractivity contribution >= 4 is 23.0 Å². The van der Waals surface area contributed by atoms with E-state index in [4.69, 9.17) is 0 Å². The molecule has 33 heavy (non-hydrogen) atoms. The zero-order chi connectivity index (χ0) is 24.5. The number of nitrogens with one attached hydrogen (secondary N) is 2. The standard InChI is InChI=1S/C27H33N3O3/c1-14-9-12-18(19-16(14)13-30(8)25(19)33)28-20-21(23(32)22(20)31)29-24(26(3,4)5)17-11-10-15(2)27(17,6)7/h9-12,24,28-29H,13H2,1-8H3/t24-/m0/s1. The molecule has 0 saturated carbocycles. The molecule has 0 radical (unpaired) electrons. The fourth-order valence-corrected chi connectivity index (χ4v) is 4.81. The number of anilines is 3. The second-order valence-corrected chi connectivity index (χ2v) is 11.0. The zero-order valence-electron chi connectivity index (χ0n) is 20.8. The summed E-state index contributed by atoms with van der Waals surface area (Å²) in [7, 11) is 1.76. The van der Waals surface area contributed by atoms with Crippen LogP contribution in [0.4, 0.5) is 17.1 Å². The van der Waals surface area contributed by atoms with Crippen molar-refractivity contribution in [2.45, 2.75) is 61.1 Å². The van der Waals surface area contributed by atoms with Gasteiger partial charge in [0, 0.05) is 19.0 Å². The molecule has 1 amide bonds. The number of amides is 1. The van der Waals surface area contributed by atoms with Crippen LogP contribution in [0.15, 0.2) is 45.0 Å². The summed E-state index contributed by atoms with van der Waals surface area (Å²) >= 11 is 0. The second-order valence-electron chi connectivity index (χ2n) is 11.0. The fraction of sp³-hybridized carbons (Fsp3) is 0.444. The number of fused-ring (bicyclic) bond motifs is 1. The summed E-state index contributed by atoms with van der Waals surface area (Å²) in [6.45, 7) is 15.3. The van der Waals surface area contributed by atoms with Gasteiger partial charge in [-0.3, -0.25) is 14.4 Å². The van der Waals surface area contributed by atoms with E-state index in [0.29, 0.717) is 17.8 Å². The monoisotopic (exact) mass is 447 g/mol. The topological polar surface area (TPSA) is 78.5 Å². The molecule has 0 fully saturated rings. The Labute approximate surface area is 195 Å². The minimum absolute atomic E-state index is 0.0867. The molecule has 6 nitrogen and oxygen atoms in total. The molecule has 1 heterocycles. The van der Waals surface area contributed by atoms with Gasteiger partial charge in [0.2, 0.25) is 0 Å². The lowest BCUT2D eigenvalue weighted by Gasteiger charge is -2.40. The van der Waals surface area contributed by atoms with Gasteiger partial charge in [-0.25, -0.2) is 0 Å². The molecule has 1 aliphatic heterocycles. The van der Waals surface area contributed by atoms with Gasteiger partial charge in [0.1, 0.15) is 11.4 Å². The van der Waals surface area contributed by atoms with Crippen molar-refractivity contribution < 1.29 is 4.79 Å². The van der Waals surface area contributed by atoms with E-state index in [1.54, 1.807) is 11.9 Å². The Hall–Kier alpha value is -3.15. The molecule has 1 atom stereocenters. The van der Waals surface area contributed by atoms with Gasteiger partial charge in [-0.2, -0.15) is 0 Å². The summed E-state index contributed by atoms with van der Waals surface area (Å²) < 4.78 is 0. The van der Waals surface area contributed by atoms with Crippen LogP contribution >= 0.6 is 0 Å². The molecule has 6 heteroatoms. The van der Waals surface area contributed by atoms with E-state index in [0.717, 1.165) is 11.1 Å². The highest BCUT2D eigenvalue weighted by atomic mass is 16.2. The van der Waals surface area contributed by atoms with Crippen LogP contribution in [0.3, 0.4) is 0 Å². The lowest BCUT2D eigenvalue weighted by Crippen LogP contribution is -2.45. The number of rotatable bonds is 5. The SMILES string of the molecule is CC1=CC=C([C@H](Nc2c(Nc3ccc(C)c4c3C(=O)N(C)C4)c(=O)c2=O)C(C)(C)C)C1(C)C. The van der Waals surface area contributed by atoms with Gasteiger partial charge in [0.05, 0.1) is 17.3 Å². The van der Waals surface area contributed by atoms with Crippen molar-refractivity contribution in [3.63, 3.8) is 0 Å². The van der Waals surface area contributed by atoms with Crippen molar-refractivity contribution in [3.8, 4) is 0 Å². The molecular weight excluding hydrogens is 414 g/mol. The van der Waals surface area contributed by atoms with Crippen LogP contribution in [0.25, 0.3) is 0 Å². The highest BCUT2D eigenvalue weighted by Gasteiger charge is 2.40. The molecule has 1 aliphatic carbocycles.